The average Bonchev–Trinajstić information content (AvgIpc) is 2.62. The van der Waals surface area contributed by atoms with E-state index in [0.717, 1.165) is 9.87 Å². The first-order chi connectivity index (χ1) is 12.7. The van der Waals surface area contributed by atoms with Crippen LogP contribution in [0.1, 0.15) is 25.0 Å². The average molecular weight is 411 g/mol. The molecule has 0 bridgehead atoms. The normalized spacial score (nSPS) is 13.0. The standard InChI is InChI=1S/C19H23ClN2O4S/c1-13(2)18(19(23)21-24)22(12-15-6-8-16(20)9-7-15)27(25,26)17-10-4-14(3)5-11-17/h4-11,13,18,24H,12H2,1-3H3,(H,21,23)/t18-/m0/s1. The molecular weight excluding hydrogens is 388 g/mol. The Morgan fingerprint density at radius 2 is 1.67 bits per heavy atom. The van der Waals surface area contributed by atoms with Gasteiger partial charge in [-0.25, -0.2) is 13.9 Å². The fourth-order valence-electron chi connectivity index (χ4n) is 2.78. The van der Waals surface area contributed by atoms with Crippen LogP contribution in [0, 0.1) is 12.8 Å². The highest BCUT2D eigenvalue weighted by atomic mass is 35.5. The predicted octanol–water partition coefficient (Wildman–Crippen LogP) is 3.37. The molecule has 146 valence electrons. The van der Waals surface area contributed by atoms with Crippen molar-refractivity contribution in [3.8, 4) is 0 Å². The van der Waals surface area contributed by atoms with Crippen LogP contribution in [0.15, 0.2) is 53.4 Å². The molecule has 0 unspecified atom stereocenters. The van der Waals surface area contributed by atoms with Crippen molar-refractivity contribution in [2.24, 2.45) is 5.92 Å². The van der Waals surface area contributed by atoms with Gasteiger partial charge in [-0.05, 0) is 42.7 Å². The van der Waals surface area contributed by atoms with Gasteiger partial charge in [0.15, 0.2) is 0 Å². The van der Waals surface area contributed by atoms with Gasteiger partial charge in [0, 0.05) is 11.6 Å². The Bertz CT molecular complexity index is 881. The molecule has 0 saturated heterocycles. The molecule has 0 heterocycles. The first kappa shape index (κ1) is 21.4. The number of hydrogen-bond donors (Lipinski definition) is 2. The molecule has 8 heteroatoms. The second-order valence-electron chi connectivity index (χ2n) is 6.65. The fraction of sp³-hybridized carbons (Fsp3) is 0.316. The summed E-state index contributed by atoms with van der Waals surface area (Å²) in [6, 6.07) is 12.0. The van der Waals surface area contributed by atoms with E-state index in [2.05, 4.69) is 0 Å². The monoisotopic (exact) mass is 410 g/mol. The van der Waals surface area contributed by atoms with E-state index in [9.17, 15) is 13.2 Å². The molecule has 2 N–H and O–H groups in total. The number of hydrogen-bond acceptors (Lipinski definition) is 4. The summed E-state index contributed by atoms with van der Waals surface area (Å²) >= 11 is 5.91. The summed E-state index contributed by atoms with van der Waals surface area (Å²) in [6.07, 6.45) is 0. The third kappa shape index (κ3) is 5.07. The molecule has 0 fully saturated rings. The number of benzene rings is 2. The van der Waals surface area contributed by atoms with Crippen molar-refractivity contribution in [3.05, 3.63) is 64.7 Å². The number of nitrogens with zero attached hydrogens (tertiary/aromatic N) is 1. The molecule has 2 aromatic carbocycles. The van der Waals surface area contributed by atoms with Gasteiger partial charge >= 0.3 is 0 Å². The van der Waals surface area contributed by atoms with Gasteiger partial charge in [-0.2, -0.15) is 4.31 Å². The molecule has 0 radical (unpaired) electrons. The number of aryl methyl sites for hydroxylation is 1. The molecule has 0 aliphatic carbocycles. The summed E-state index contributed by atoms with van der Waals surface area (Å²) in [5, 5.41) is 9.67. The molecule has 0 aromatic heterocycles. The third-order valence-corrected chi connectivity index (χ3v) is 6.29. The molecule has 0 spiro atoms. The zero-order chi connectivity index (χ0) is 20.2. The first-order valence-electron chi connectivity index (χ1n) is 8.43. The van der Waals surface area contributed by atoms with Gasteiger partial charge in [0.2, 0.25) is 10.0 Å². The lowest BCUT2D eigenvalue weighted by Gasteiger charge is -2.32. The summed E-state index contributed by atoms with van der Waals surface area (Å²) in [4.78, 5) is 12.4. The van der Waals surface area contributed by atoms with Gasteiger partial charge in [0.05, 0.1) is 4.90 Å². The lowest BCUT2D eigenvalue weighted by Crippen LogP contribution is -2.51. The maximum absolute atomic E-state index is 13.3. The van der Waals surface area contributed by atoms with E-state index < -0.39 is 22.0 Å². The zero-order valence-electron chi connectivity index (χ0n) is 15.4. The van der Waals surface area contributed by atoms with Crippen LogP contribution in [0.3, 0.4) is 0 Å². The molecule has 1 amide bonds. The van der Waals surface area contributed by atoms with Crippen LogP contribution in [-0.4, -0.2) is 29.9 Å². The van der Waals surface area contributed by atoms with Crippen LogP contribution in [-0.2, 0) is 21.4 Å². The number of carbonyl (C=O) groups is 1. The quantitative estimate of drug-likeness (QED) is 0.541. The smallest absolute Gasteiger partial charge is 0.262 e. The van der Waals surface area contributed by atoms with Crippen molar-refractivity contribution in [2.45, 2.75) is 38.3 Å². The molecule has 1 atom stereocenters. The van der Waals surface area contributed by atoms with Crippen molar-refractivity contribution in [2.75, 3.05) is 0 Å². The Labute approximate surface area is 164 Å². The minimum Gasteiger partial charge on any atom is -0.289 e. The van der Waals surface area contributed by atoms with Crippen molar-refractivity contribution < 1.29 is 18.4 Å². The Hall–Kier alpha value is -1.93. The topological polar surface area (TPSA) is 86.7 Å². The van der Waals surface area contributed by atoms with Crippen molar-refractivity contribution in [1.82, 2.24) is 9.79 Å². The van der Waals surface area contributed by atoms with Crippen LogP contribution in [0.4, 0.5) is 0 Å². The van der Waals surface area contributed by atoms with Crippen LogP contribution in [0.5, 0.6) is 0 Å². The van der Waals surface area contributed by atoms with E-state index in [0.29, 0.717) is 10.6 Å². The Balaban J connectivity index is 2.54. The summed E-state index contributed by atoms with van der Waals surface area (Å²) < 4.78 is 27.7. The van der Waals surface area contributed by atoms with E-state index in [1.165, 1.54) is 12.1 Å². The van der Waals surface area contributed by atoms with Crippen LogP contribution >= 0.6 is 11.6 Å². The SMILES string of the molecule is Cc1ccc(S(=O)(=O)N(Cc2ccc(Cl)cc2)[C@H](C(=O)NO)C(C)C)cc1. The van der Waals surface area contributed by atoms with Gasteiger partial charge in [0.25, 0.3) is 5.91 Å². The van der Waals surface area contributed by atoms with E-state index >= 15 is 0 Å². The van der Waals surface area contributed by atoms with Gasteiger partial charge in [-0.1, -0.05) is 55.3 Å². The van der Waals surface area contributed by atoms with Gasteiger partial charge in [-0.15, -0.1) is 0 Å². The third-order valence-electron chi connectivity index (χ3n) is 4.20. The highest BCUT2D eigenvalue weighted by Crippen LogP contribution is 2.25. The largest absolute Gasteiger partial charge is 0.289 e. The molecule has 2 rings (SSSR count). The van der Waals surface area contributed by atoms with E-state index in [1.807, 2.05) is 6.92 Å². The second-order valence-corrected chi connectivity index (χ2v) is 8.98. The maximum atomic E-state index is 13.3. The molecule has 27 heavy (non-hydrogen) atoms. The van der Waals surface area contributed by atoms with Crippen LogP contribution in [0.2, 0.25) is 5.02 Å². The van der Waals surface area contributed by atoms with Gasteiger partial charge in [0.1, 0.15) is 6.04 Å². The number of halogens is 1. The highest BCUT2D eigenvalue weighted by molar-refractivity contribution is 7.89. The Morgan fingerprint density at radius 3 is 2.15 bits per heavy atom. The minimum absolute atomic E-state index is 0.0381. The zero-order valence-corrected chi connectivity index (χ0v) is 17.0. The molecule has 0 aliphatic heterocycles. The second kappa shape index (κ2) is 8.84. The number of nitrogens with one attached hydrogen (secondary N) is 1. The predicted molar refractivity (Wildman–Crippen MR) is 104 cm³/mol. The maximum Gasteiger partial charge on any atom is 0.262 e. The highest BCUT2D eigenvalue weighted by Gasteiger charge is 2.37. The number of sulfonamides is 1. The fourth-order valence-corrected chi connectivity index (χ4v) is 4.61. The van der Waals surface area contributed by atoms with Crippen LogP contribution in [0.25, 0.3) is 0 Å². The molecule has 0 saturated carbocycles. The molecular formula is C19H23ClN2O4S. The van der Waals surface area contributed by atoms with Crippen molar-refractivity contribution in [3.63, 3.8) is 0 Å². The first-order valence-corrected chi connectivity index (χ1v) is 10.3. The Morgan fingerprint density at radius 1 is 1.11 bits per heavy atom. The number of amides is 1. The van der Waals surface area contributed by atoms with E-state index in [4.69, 9.17) is 16.8 Å². The summed E-state index contributed by atoms with van der Waals surface area (Å²) in [6.45, 7) is 5.26. The van der Waals surface area contributed by atoms with Gasteiger partial charge in [-0.3, -0.25) is 10.0 Å². The molecule has 6 nitrogen and oxygen atoms in total. The van der Waals surface area contributed by atoms with Crippen LogP contribution < -0.4 is 5.48 Å². The Kier molecular flexibility index (Phi) is 7.00. The van der Waals surface area contributed by atoms with Crippen molar-refractivity contribution in [1.29, 1.82) is 0 Å². The molecule has 0 aliphatic rings. The summed E-state index contributed by atoms with van der Waals surface area (Å²) in [7, 11) is -4.00. The summed E-state index contributed by atoms with van der Waals surface area (Å²) in [5.74, 6) is -1.15. The molecule has 2 aromatic rings. The van der Waals surface area contributed by atoms with E-state index in [1.54, 1.807) is 55.7 Å². The number of hydroxylamine groups is 1. The van der Waals surface area contributed by atoms with E-state index in [-0.39, 0.29) is 17.4 Å². The summed E-state index contributed by atoms with van der Waals surface area (Å²) in [5.41, 5.74) is 3.18. The lowest BCUT2D eigenvalue weighted by atomic mass is 10.0. The minimum atomic E-state index is -4.00. The number of rotatable bonds is 7. The number of carbonyl (C=O) groups excluding carboxylic acids is 1. The van der Waals surface area contributed by atoms with Gasteiger partial charge < -0.3 is 0 Å². The van der Waals surface area contributed by atoms with Crippen molar-refractivity contribution >= 4 is 27.5 Å². The lowest BCUT2D eigenvalue weighted by molar-refractivity contribution is -0.134.